The summed E-state index contributed by atoms with van der Waals surface area (Å²) in [6.07, 6.45) is 2.64. The molecule has 2 aromatic heterocycles. The monoisotopic (exact) mass is 253 g/mol. The molecule has 1 aromatic carbocycles. The van der Waals surface area contributed by atoms with Crippen LogP contribution in [0.3, 0.4) is 0 Å². The van der Waals surface area contributed by atoms with Crippen LogP contribution in [0.15, 0.2) is 36.5 Å². The summed E-state index contributed by atoms with van der Waals surface area (Å²) in [5.41, 5.74) is 14.8. The van der Waals surface area contributed by atoms with E-state index in [1.807, 2.05) is 30.1 Å². The average molecular weight is 253 g/mol. The van der Waals surface area contributed by atoms with Gasteiger partial charge in [0.2, 0.25) is 0 Å². The molecule has 2 heterocycles. The van der Waals surface area contributed by atoms with E-state index in [1.54, 1.807) is 0 Å². The molecule has 0 aliphatic carbocycles. The number of fused-ring (bicyclic) bond motifs is 1. The van der Waals surface area contributed by atoms with Gasteiger partial charge in [-0.1, -0.05) is 12.1 Å². The Morgan fingerprint density at radius 2 is 1.79 bits per heavy atom. The lowest BCUT2D eigenvalue weighted by atomic mass is 10.0. The third-order valence-electron chi connectivity index (χ3n) is 3.15. The summed E-state index contributed by atoms with van der Waals surface area (Å²) in [5.74, 6) is 0.910. The number of nitrogens with two attached hydrogens (primary N) is 2. The molecule has 0 unspecified atom stereocenters. The molecule has 3 aromatic rings. The van der Waals surface area contributed by atoms with E-state index in [-0.39, 0.29) is 0 Å². The van der Waals surface area contributed by atoms with Gasteiger partial charge in [-0.15, -0.1) is 0 Å². The first-order valence-electron chi connectivity index (χ1n) is 6.04. The van der Waals surface area contributed by atoms with Crippen LogP contribution in [-0.4, -0.2) is 14.8 Å². The van der Waals surface area contributed by atoms with Gasteiger partial charge in [-0.25, -0.2) is 4.98 Å². The Morgan fingerprint density at radius 1 is 1.05 bits per heavy atom. The summed E-state index contributed by atoms with van der Waals surface area (Å²) < 4.78 is 1.87. The zero-order chi connectivity index (χ0) is 13.4. The van der Waals surface area contributed by atoms with Crippen LogP contribution >= 0.6 is 0 Å². The smallest absolute Gasteiger partial charge is 0.126 e. The molecule has 3 rings (SSSR count). The first-order chi connectivity index (χ1) is 9.11. The van der Waals surface area contributed by atoms with Crippen LogP contribution in [0.2, 0.25) is 0 Å². The minimum absolute atomic E-state index is 0.455. The van der Waals surface area contributed by atoms with Gasteiger partial charge in [0.1, 0.15) is 11.6 Å². The molecule has 5 heteroatoms. The molecule has 0 radical (unpaired) electrons. The van der Waals surface area contributed by atoms with Crippen molar-refractivity contribution >= 4 is 22.5 Å². The Kier molecular flexibility index (Phi) is 2.59. The molecule has 0 atom stereocenters. The molecule has 0 bridgehead atoms. The lowest BCUT2D eigenvalue weighted by Gasteiger charge is -2.05. The van der Waals surface area contributed by atoms with Crippen molar-refractivity contribution in [2.75, 3.05) is 11.5 Å². The molecule has 0 aliphatic rings. The SMILES string of the molecule is Cn1ncc2ccc(Cc3cc(N)nc(N)c3)cc21. The fourth-order valence-electron chi connectivity index (χ4n) is 2.27. The van der Waals surface area contributed by atoms with E-state index in [0.717, 1.165) is 22.9 Å². The van der Waals surface area contributed by atoms with E-state index < -0.39 is 0 Å². The molecule has 0 saturated carbocycles. The predicted octanol–water partition coefficient (Wildman–Crippen LogP) is 1.72. The van der Waals surface area contributed by atoms with Crippen molar-refractivity contribution in [3.05, 3.63) is 47.7 Å². The first kappa shape index (κ1) is 11.5. The summed E-state index contributed by atoms with van der Waals surface area (Å²) in [6, 6.07) is 10.0. The number of aromatic nitrogens is 3. The van der Waals surface area contributed by atoms with Gasteiger partial charge in [-0.3, -0.25) is 4.68 Å². The number of aryl methyl sites for hydroxylation is 1. The second-order valence-corrected chi connectivity index (χ2v) is 4.66. The number of hydrogen-bond donors (Lipinski definition) is 2. The quantitative estimate of drug-likeness (QED) is 0.728. The maximum atomic E-state index is 5.71. The largest absolute Gasteiger partial charge is 0.384 e. The highest BCUT2D eigenvalue weighted by Crippen LogP contribution is 2.19. The van der Waals surface area contributed by atoms with Crippen LogP contribution in [0.5, 0.6) is 0 Å². The van der Waals surface area contributed by atoms with Gasteiger partial charge < -0.3 is 11.5 Å². The zero-order valence-corrected chi connectivity index (χ0v) is 10.7. The number of rotatable bonds is 2. The maximum Gasteiger partial charge on any atom is 0.126 e. The fraction of sp³-hybridized carbons (Fsp3) is 0.143. The van der Waals surface area contributed by atoms with Crippen LogP contribution in [0, 0.1) is 0 Å². The number of pyridine rings is 1. The maximum absolute atomic E-state index is 5.71. The summed E-state index contributed by atoms with van der Waals surface area (Å²) >= 11 is 0. The summed E-state index contributed by atoms with van der Waals surface area (Å²) in [5, 5.41) is 5.38. The van der Waals surface area contributed by atoms with Crippen molar-refractivity contribution in [3.63, 3.8) is 0 Å². The van der Waals surface area contributed by atoms with Gasteiger partial charge >= 0.3 is 0 Å². The highest BCUT2D eigenvalue weighted by molar-refractivity contribution is 5.79. The Labute approximate surface area is 110 Å². The van der Waals surface area contributed by atoms with Crippen LogP contribution in [0.25, 0.3) is 10.9 Å². The average Bonchev–Trinajstić information content (AvgIpc) is 2.70. The molecule has 0 spiro atoms. The fourth-order valence-corrected chi connectivity index (χ4v) is 2.27. The minimum atomic E-state index is 0.455. The molecule has 4 N–H and O–H groups in total. The van der Waals surface area contributed by atoms with E-state index in [4.69, 9.17) is 11.5 Å². The number of hydrogen-bond acceptors (Lipinski definition) is 4. The van der Waals surface area contributed by atoms with Gasteiger partial charge in [0, 0.05) is 12.4 Å². The number of nitrogen functional groups attached to an aromatic ring is 2. The summed E-state index contributed by atoms with van der Waals surface area (Å²) in [7, 11) is 1.94. The molecular formula is C14H15N5. The van der Waals surface area contributed by atoms with Gasteiger partial charge in [0.25, 0.3) is 0 Å². The molecular weight excluding hydrogens is 238 g/mol. The molecule has 5 nitrogen and oxygen atoms in total. The number of benzene rings is 1. The number of anilines is 2. The molecule has 96 valence electrons. The normalized spacial score (nSPS) is 11.0. The highest BCUT2D eigenvalue weighted by atomic mass is 15.2. The van der Waals surface area contributed by atoms with Crippen molar-refractivity contribution in [3.8, 4) is 0 Å². The van der Waals surface area contributed by atoms with E-state index in [0.29, 0.717) is 11.6 Å². The first-order valence-corrected chi connectivity index (χ1v) is 6.04. The summed E-state index contributed by atoms with van der Waals surface area (Å²) in [6.45, 7) is 0. The second-order valence-electron chi connectivity index (χ2n) is 4.66. The Bertz CT molecular complexity index is 724. The third kappa shape index (κ3) is 2.22. The van der Waals surface area contributed by atoms with Crippen LogP contribution < -0.4 is 11.5 Å². The standard InChI is InChI=1S/C14H15N5/c1-19-12-5-9(2-3-11(12)8-17-19)4-10-6-13(15)18-14(16)7-10/h2-3,5-8H,4H2,1H3,(H4,15,16,18). The van der Waals surface area contributed by atoms with E-state index in [1.165, 1.54) is 5.56 Å². The van der Waals surface area contributed by atoms with Crippen molar-refractivity contribution < 1.29 is 0 Å². The highest BCUT2D eigenvalue weighted by Gasteiger charge is 2.04. The van der Waals surface area contributed by atoms with Gasteiger partial charge in [0.15, 0.2) is 0 Å². The number of nitrogens with zero attached hydrogens (tertiary/aromatic N) is 3. The van der Waals surface area contributed by atoms with Crippen molar-refractivity contribution in [1.82, 2.24) is 14.8 Å². The molecule has 19 heavy (non-hydrogen) atoms. The van der Waals surface area contributed by atoms with Gasteiger partial charge in [-0.2, -0.15) is 5.10 Å². The Morgan fingerprint density at radius 3 is 2.53 bits per heavy atom. The summed E-state index contributed by atoms with van der Waals surface area (Å²) in [4.78, 5) is 3.97. The van der Waals surface area contributed by atoms with Crippen LogP contribution in [0.4, 0.5) is 11.6 Å². The zero-order valence-electron chi connectivity index (χ0n) is 10.7. The molecule has 0 aliphatic heterocycles. The lowest BCUT2D eigenvalue weighted by molar-refractivity contribution is 0.796. The molecule has 0 saturated heterocycles. The molecule has 0 fully saturated rings. The van der Waals surface area contributed by atoms with E-state index in [9.17, 15) is 0 Å². The van der Waals surface area contributed by atoms with Crippen molar-refractivity contribution in [1.29, 1.82) is 0 Å². The minimum Gasteiger partial charge on any atom is -0.384 e. The third-order valence-corrected chi connectivity index (χ3v) is 3.15. The van der Waals surface area contributed by atoms with Crippen LogP contribution in [-0.2, 0) is 13.5 Å². The lowest BCUT2D eigenvalue weighted by Crippen LogP contribution is -1.99. The van der Waals surface area contributed by atoms with Gasteiger partial charge in [0.05, 0.1) is 11.7 Å². The van der Waals surface area contributed by atoms with E-state index >= 15 is 0 Å². The van der Waals surface area contributed by atoms with Gasteiger partial charge in [-0.05, 0) is 35.7 Å². The molecule has 0 amide bonds. The predicted molar refractivity (Wildman–Crippen MR) is 76.6 cm³/mol. The van der Waals surface area contributed by atoms with E-state index in [2.05, 4.69) is 28.3 Å². The topological polar surface area (TPSA) is 82.8 Å². The second kappa shape index (κ2) is 4.28. The van der Waals surface area contributed by atoms with Crippen molar-refractivity contribution in [2.45, 2.75) is 6.42 Å². The van der Waals surface area contributed by atoms with Crippen molar-refractivity contribution in [2.24, 2.45) is 7.05 Å². The Hall–Kier alpha value is -2.56. The van der Waals surface area contributed by atoms with Crippen LogP contribution in [0.1, 0.15) is 11.1 Å². The Balaban J connectivity index is 1.98.